The van der Waals surface area contributed by atoms with Crippen molar-refractivity contribution in [3.63, 3.8) is 0 Å². The zero-order valence-corrected chi connectivity index (χ0v) is 39.2. The fourth-order valence-corrected chi connectivity index (χ4v) is 14.8. The third-order valence-electron chi connectivity index (χ3n) is 12.3. The summed E-state index contributed by atoms with van der Waals surface area (Å²) in [6.07, 6.45) is 1.43. The quantitative estimate of drug-likeness (QED) is 0.0944. The first-order valence-corrected chi connectivity index (χ1v) is 24.2. The van der Waals surface area contributed by atoms with Crippen LogP contribution in [0.5, 0.6) is 11.5 Å². The molecular formula is C49H74N2O7Si. The van der Waals surface area contributed by atoms with Gasteiger partial charge >= 0.3 is 6.09 Å². The van der Waals surface area contributed by atoms with E-state index in [0.717, 1.165) is 42.0 Å². The summed E-state index contributed by atoms with van der Waals surface area (Å²) in [4.78, 5) is 15.4. The summed E-state index contributed by atoms with van der Waals surface area (Å²) in [5.74, 6) is 1.72. The minimum atomic E-state index is -2.10. The molecule has 1 amide bonds. The van der Waals surface area contributed by atoms with Gasteiger partial charge in [-0.15, -0.1) is 0 Å². The summed E-state index contributed by atoms with van der Waals surface area (Å²) < 4.78 is 37.9. The molecule has 2 heterocycles. The van der Waals surface area contributed by atoms with Crippen molar-refractivity contribution in [2.24, 2.45) is 0 Å². The van der Waals surface area contributed by atoms with Gasteiger partial charge in [-0.05, 0) is 91.2 Å². The molecule has 3 aromatic carbocycles. The van der Waals surface area contributed by atoms with Crippen molar-refractivity contribution in [2.75, 3.05) is 51.9 Å². The fraction of sp³-hybridized carbons (Fsp3) is 0.612. The van der Waals surface area contributed by atoms with E-state index in [9.17, 15) is 4.79 Å². The molecule has 3 atom stereocenters. The van der Waals surface area contributed by atoms with Crippen LogP contribution in [0.25, 0.3) is 0 Å². The zero-order valence-electron chi connectivity index (χ0n) is 38.2. The van der Waals surface area contributed by atoms with Crippen molar-refractivity contribution in [3.05, 3.63) is 89.0 Å². The second kappa shape index (κ2) is 20.3. The number of piperidine rings is 1. The summed E-state index contributed by atoms with van der Waals surface area (Å²) in [7, 11) is -0.421. The number of ether oxygens (including phenoxy) is 5. The number of rotatable bonds is 19. The molecule has 1 N–H and O–H groups in total. The maximum Gasteiger partial charge on any atom is 0.410 e. The van der Waals surface area contributed by atoms with Crippen molar-refractivity contribution < 1.29 is 32.9 Å². The molecule has 0 radical (unpaired) electrons. The second-order valence-corrected chi connectivity index (χ2v) is 24.6. The molecule has 2 aliphatic heterocycles. The van der Waals surface area contributed by atoms with E-state index < -0.39 is 13.9 Å². The van der Waals surface area contributed by atoms with E-state index in [0.29, 0.717) is 62.6 Å². The van der Waals surface area contributed by atoms with Gasteiger partial charge < -0.3 is 38.3 Å². The maximum atomic E-state index is 13.5. The first-order chi connectivity index (χ1) is 27.9. The normalized spacial score (nSPS) is 18.5. The van der Waals surface area contributed by atoms with E-state index in [2.05, 4.69) is 103 Å². The number of hydrogen-bond donors (Lipinski definition) is 1. The highest BCUT2D eigenvalue weighted by atomic mass is 28.4. The van der Waals surface area contributed by atoms with Crippen LogP contribution in [-0.4, -0.2) is 77.6 Å². The standard InChI is InChI=1S/C49H74N2O7Si/c1-34(2)59(35(3)4,36(5)6)56-29-25-45(38-20-23-42-43(30-38)50-33-49(42,10)11)57-46-31-51(47(52)58-48(7,8)9)26-24-41(46)37-18-21-40(22-19-37)55-28-15-27-54-32-39-16-13-14-17-44(39)53-12/h13-14,16-23,30,34-36,41,45-46,50H,15,24-29,31-33H2,1-12H3. The lowest BCUT2D eigenvalue weighted by Crippen LogP contribution is -2.49. The molecule has 3 unspecified atom stereocenters. The Morgan fingerprint density at radius 2 is 1.61 bits per heavy atom. The highest BCUT2D eigenvalue weighted by Gasteiger charge is 2.45. The van der Waals surface area contributed by atoms with E-state index >= 15 is 0 Å². The van der Waals surface area contributed by atoms with E-state index in [1.165, 1.54) is 16.8 Å². The van der Waals surface area contributed by atoms with Crippen LogP contribution in [-0.2, 0) is 30.7 Å². The second-order valence-electron chi connectivity index (χ2n) is 19.1. The van der Waals surface area contributed by atoms with Gasteiger partial charge in [-0.25, -0.2) is 4.79 Å². The summed E-state index contributed by atoms with van der Waals surface area (Å²) in [6.45, 7) is 28.5. The molecule has 0 spiro atoms. The topological polar surface area (TPSA) is 87.7 Å². The van der Waals surface area contributed by atoms with Crippen LogP contribution in [0.15, 0.2) is 66.7 Å². The number of para-hydroxylation sites is 1. The largest absolute Gasteiger partial charge is 0.496 e. The molecule has 326 valence electrons. The number of hydrogen-bond acceptors (Lipinski definition) is 8. The number of anilines is 1. The highest BCUT2D eigenvalue weighted by Crippen LogP contribution is 2.44. The smallest absolute Gasteiger partial charge is 0.410 e. The van der Waals surface area contributed by atoms with Crippen LogP contribution in [0, 0.1) is 0 Å². The Labute approximate surface area is 357 Å². The van der Waals surface area contributed by atoms with Crippen LogP contribution in [0.4, 0.5) is 10.5 Å². The summed E-state index contributed by atoms with van der Waals surface area (Å²) in [6, 6.07) is 23.1. The molecule has 5 rings (SSSR count). The van der Waals surface area contributed by atoms with Gasteiger partial charge in [-0.2, -0.15) is 0 Å². The molecule has 9 nitrogen and oxygen atoms in total. The highest BCUT2D eigenvalue weighted by molar-refractivity contribution is 6.77. The van der Waals surface area contributed by atoms with Crippen LogP contribution in [0.2, 0.25) is 16.6 Å². The van der Waals surface area contributed by atoms with Gasteiger partial charge in [0.2, 0.25) is 0 Å². The van der Waals surface area contributed by atoms with Gasteiger partial charge in [0.15, 0.2) is 8.32 Å². The minimum Gasteiger partial charge on any atom is -0.496 e. The lowest BCUT2D eigenvalue weighted by atomic mass is 9.85. The number of carbonyl (C=O) groups is 1. The van der Waals surface area contributed by atoms with Crippen molar-refractivity contribution >= 4 is 20.1 Å². The van der Waals surface area contributed by atoms with E-state index in [4.69, 9.17) is 28.1 Å². The number of likely N-dealkylation sites (tertiary alicyclic amines) is 1. The SMILES string of the molecule is COc1ccccc1COCCCOc1ccc(C2CCN(C(=O)OC(C)(C)C)CC2OC(CCO[Si](C(C)C)(C(C)C)C(C)C)c2ccc3c(c2)NCC3(C)C)cc1. The Morgan fingerprint density at radius 1 is 0.915 bits per heavy atom. The predicted octanol–water partition coefficient (Wildman–Crippen LogP) is 11.8. The van der Waals surface area contributed by atoms with Crippen molar-refractivity contribution in [2.45, 2.75) is 148 Å². The number of methoxy groups -OCH3 is 1. The van der Waals surface area contributed by atoms with Gasteiger partial charge in [-0.1, -0.05) is 97.9 Å². The lowest BCUT2D eigenvalue weighted by Gasteiger charge is -2.43. The average molecular weight is 831 g/mol. The molecule has 2 aliphatic rings. The summed E-state index contributed by atoms with van der Waals surface area (Å²) >= 11 is 0. The third-order valence-corrected chi connectivity index (χ3v) is 18.4. The van der Waals surface area contributed by atoms with Crippen LogP contribution < -0.4 is 14.8 Å². The molecule has 1 saturated heterocycles. The number of benzene rings is 3. The van der Waals surface area contributed by atoms with Crippen molar-refractivity contribution in [1.29, 1.82) is 0 Å². The third kappa shape index (κ3) is 11.8. The lowest BCUT2D eigenvalue weighted by molar-refractivity contribution is -0.0707. The van der Waals surface area contributed by atoms with Crippen LogP contribution in [0.3, 0.4) is 0 Å². The Morgan fingerprint density at radius 3 is 2.27 bits per heavy atom. The Kier molecular flexibility index (Phi) is 16.0. The van der Waals surface area contributed by atoms with Gasteiger partial charge in [0.25, 0.3) is 0 Å². The molecule has 3 aromatic rings. The molecule has 0 aliphatic carbocycles. The molecule has 0 aromatic heterocycles. The molecule has 0 saturated carbocycles. The molecule has 0 bridgehead atoms. The fourth-order valence-electron chi connectivity index (χ4n) is 9.37. The molecule has 1 fully saturated rings. The zero-order chi connectivity index (χ0) is 43.0. The number of nitrogens with zero attached hydrogens (tertiary/aromatic N) is 1. The maximum absolute atomic E-state index is 13.5. The number of nitrogens with one attached hydrogen (secondary N) is 1. The van der Waals surface area contributed by atoms with E-state index in [1.54, 1.807) is 7.11 Å². The number of amides is 1. The summed E-state index contributed by atoms with van der Waals surface area (Å²) in [5.41, 5.74) is 6.78. The van der Waals surface area contributed by atoms with Crippen LogP contribution >= 0.6 is 0 Å². The Balaban J connectivity index is 1.34. The number of fused-ring (bicyclic) bond motifs is 1. The van der Waals surface area contributed by atoms with Gasteiger partial charge in [-0.3, -0.25) is 0 Å². The van der Waals surface area contributed by atoms with E-state index in [1.807, 2.05) is 49.9 Å². The Hall–Kier alpha value is -3.57. The first kappa shape index (κ1) is 46.5. The molecule has 59 heavy (non-hydrogen) atoms. The van der Waals surface area contributed by atoms with Crippen LogP contribution in [0.1, 0.15) is 130 Å². The Bertz CT molecular complexity index is 1770. The van der Waals surface area contributed by atoms with Gasteiger partial charge in [0, 0.05) is 48.7 Å². The molecule has 10 heteroatoms. The monoisotopic (exact) mass is 831 g/mol. The van der Waals surface area contributed by atoms with Gasteiger partial charge in [0.05, 0.1) is 45.7 Å². The predicted molar refractivity (Wildman–Crippen MR) is 242 cm³/mol. The first-order valence-electron chi connectivity index (χ1n) is 22.0. The van der Waals surface area contributed by atoms with Gasteiger partial charge in [0.1, 0.15) is 17.1 Å². The molecular weight excluding hydrogens is 757 g/mol. The minimum absolute atomic E-state index is 0.0629. The summed E-state index contributed by atoms with van der Waals surface area (Å²) in [5, 5.41) is 3.66. The van der Waals surface area contributed by atoms with E-state index in [-0.39, 0.29) is 29.6 Å². The number of carbonyl (C=O) groups excluding carboxylic acids is 1. The average Bonchev–Trinajstić information content (AvgIpc) is 3.49. The van der Waals surface area contributed by atoms with Crippen molar-refractivity contribution in [1.82, 2.24) is 4.90 Å². The van der Waals surface area contributed by atoms with Crippen molar-refractivity contribution in [3.8, 4) is 11.5 Å².